The van der Waals surface area contributed by atoms with Gasteiger partial charge in [-0.05, 0) is 63.5 Å². The van der Waals surface area contributed by atoms with Gasteiger partial charge in [-0.2, -0.15) is 0 Å². The third kappa shape index (κ3) is 4.55. The van der Waals surface area contributed by atoms with Crippen molar-refractivity contribution in [3.05, 3.63) is 0 Å². The fourth-order valence-corrected chi connectivity index (χ4v) is 3.98. The van der Waals surface area contributed by atoms with Crippen LogP contribution in [0.2, 0.25) is 0 Å². The highest BCUT2D eigenvalue weighted by Gasteiger charge is 2.28. The molecular formula is C16H32N2. The first-order chi connectivity index (χ1) is 8.90. The predicted octanol–water partition coefficient (Wildman–Crippen LogP) is 3.45. The molecule has 0 amide bonds. The first kappa shape index (κ1) is 14.3. The summed E-state index contributed by atoms with van der Waals surface area (Å²) in [7, 11) is 0. The lowest BCUT2D eigenvalue weighted by atomic mass is 9.72. The topological polar surface area (TPSA) is 38.0 Å². The van der Waals surface area contributed by atoms with Gasteiger partial charge >= 0.3 is 0 Å². The molecule has 2 aliphatic carbocycles. The standard InChI is InChI=1S/C16H32N2/c17-12-4-5-13-18-16-10-8-15(9-11-16)14-6-2-1-3-7-14/h14-16,18H,1-13,17H2/t15-,16-. The van der Waals surface area contributed by atoms with E-state index in [4.69, 9.17) is 5.73 Å². The minimum Gasteiger partial charge on any atom is -0.330 e. The van der Waals surface area contributed by atoms with Crippen LogP contribution in [-0.2, 0) is 0 Å². The molecular weight excluding hydrogens is 220 g/mol. The molecule has 0 unspecified atom stereocenters. The Hall–Kier alpha value is -0.0800. The molecule has 2 saturated carbocycles. The van der Waals surface area contributed by atoms with E-state index in [1.54, 1.807) is 0 Å². The molecule has 106 valence electrons. The highest BCUT2D eigenvalue weighted by molar-refractivity contribution is 4.82. The van der Waals surface area contributed by atoms with E-state index < -0.39 is 0 Å². The normalized spacial score (nSPS) is 30.5. The molecule has 0 saturated heterocycles. The van der Waals surface area contributed by atoms with Gasteiger partial charge in [0.1, 0.15) is 0 Å². The summed E-state index contributed by atoms with van der Waals surface area (Å²) in [6, 6.07) is 0.808. The van der Waals surface area contributed by atoms with Gasteiger partial charge < -0.3 is 11.1 Å². The van der Waals surface area contributed by atoms with E-state index in [2.05, 4.69) is 5.32 Å². The van der Waals surface area contributed by atoms with Gasteiger partial charge in [0.2, 0.25) is 0 Å². The van der Waals surface area contributed by atoms with E-state index in [1.165, 1.54) is 77.2 Å². The van der Waals surface area contributed by atoms with Crippen molar-refractivity contribution < 1.29 is 0 Å². The van der Waals surface area contributed by atoms with Gasteiger partial charge in [0.05, 0.1) is 0 Å². The van der Waals surface area contributed by atoms with Gasteiger partial charge in [-0.15, -0.1) is 0 Å². The zero-order chi connectivity index (χ0) is 12.6. The Bertz CT molecular complexity index is 203. The molecule has 0 aromatic carbocycles. The molecule has 2 fully saturated rings. The number of nitrogens with one attached hydrogen (secondary N) is 1. The summed E-state index contributed by atoms with van der Waals surface area (Å²) >= 11 is 0. The number of hydrogen-bond acceptors (Lipinski definition) is 2. The van der Waals surface area contributed by atoms with Crippen molar-refractivity contribution in [2.75, 3.05) is 13.1 Å². The van der Waals surface area contributed by atoms with Crippen LogP contribution in [0.1, 0.15) is 70.6 Å². The van der Waals surface area contributed by atoms with Crippen LogP contribution < -0.4 is 11.1 Å². The van der Waals surface area contributed by atoms with Gasteiger partial charge in [0.25, 0.3) is 0 Å². The van der Waals surface area contributed by atoms with E-state index in [1.807, 2.05) is 0 Å². The van der Waals surface area contributed by atoms with Crippen LogP contribution in [0.25, 0.3) is 0 Å². The summed E-state index contributed by atoms with van der Waals surface area (Å²) in [5, 5.41) is 3.72. The van der Waals surface area contributed by atoms with E-state index in [0.717, 1.165) is 24.4 Å². The van der Waals surface area contributed by atoms with E-state index in [0.29, 0.717) is 0 Å². The highest BCUT2D eigenvalue weighted by Crippen LogP contribution is 2.38. The van der Waals surface area contributed by atoms with Crippen molar-refractivity contribution >= 4 is 0 Å². The summed E-state index contributed by atoms with van der Waals surface area (Å²) in [6.45, 7) is 2.02. The fraction of sp³-hybridized carbons (Fsp3) is 1.00. The van der Waals surface area contributed by atoms with E-state index >= 15 is 0 Å². The first-order valence-corrected chi connectivity index (χ1v) is 8.33. The molecule has 0 heterocycles. The smallest absolute Gasteiger partial charge is 0.00672 e. The predicted molar refractivity (Wildman–Crippen MR) is 78.6 cm³/mol. The SMILES string of the molecule is NCCCCN[C@H]1CC[C@H](C2CCCCC2)CC1. The maximum absolute atomic E-state index is 5.52. The Morgan fingerprint density at radius 1 is 0.778 bits per heavy atom. The average molecular weight is 252 g/mol. The number of hydrogen-bond donors (Lipinski definition) is 2. The Kier molecular flexibility index (Phi) is 6.50. The lowest BCUT2D eigenvalue weighted by molar-refractivity contribution is 0.177. The van der Waals surface area contributed by atoms with Crippen LogP contribution in [-0.4, -0.2) is 19.1 Å². The van der Waals surface area contributed by atoms with Crippen LogP contribution in [0.5, 0.6) is 0 Å². The summed E-state index contributed by atoms with van der Waals surface area (Å²) < 4.78 is 0. The largest absolute Gasteiger partial charge is 0.330 e. The molecule has 0 spiro atoms. The minimum atomic E-state index is 0.808. The minimum absolute atomic E-state index is 0.808. The monoisotopic (exact) mass is 252 g/mol. The van der Waals surface area contributed by atoms with E-state index in [9.17, 15) is 0 Å². The fourth-order valence-electron chi connectivity index (χ4n) is 3.98. The van der Waals surface area contributed by atoms with Crippen molar-refractivity contribution in [3.8, 4) is 0 Å². The number of nitrogens with two attached hydrogens (primary N) is 1. The zero-order valence-corrected chi connectivity index (χ0v) is 12.0. The molecule has 2 aliphatic rings. The van der Waals surface area contributed by atoms with Crippen LogP contribution >= 0.6 is 0 Å². The van der Waals surface area contributed by atoms with Crippen LogP contribution in [0.3, 0.4) is 0 Å². The molecule has 2 heteroatoms. The third-order valence-corrected chi connectivity index (χ3v) is 5.15. The van der Waals surface area contributed by atoms with Crippen LogP contribution in [0.15, 0.2) is 0 Å². The average Bonchev–Trinajstić information content (AvgIpc) is 2.45. The summed E-state index contributed by atoms with van der Waals surface area (Å²) in [6.07, 6.45) is 15.8. The molecule has 3 N–H and O–H groups in total. The van der Waals surface area contributed by atoms with Crippen LogP contribution in [0.4, 0.5) is 0 Å². The quantitative estimate of drug-likeness (QED) is 0.711. The first-order valence-electron chi connectivity index (χ1n) is 8.33. The van der Waals surface area contributed by atoms with Gasteiger partial charge in [-0.25, -0.2) is 0 Å². The molecule has 0 aromatic rings. The maximum atomic E-state index is 5.52. The van der Waals surface area contributed by atoms with Gasteiger partial charge in [-0.1, -0.05) is 32.1 Å². The van der Waals surface area contributed by atoms with Crippen molar-refractivity contribution in [1.29, 1.82) is 0 Å². The van der Waals surface area contributed by atoms with Crippen LogP contribution in [0, 0.1) is 11.8 Å². The van der Waals surface area contributed by atoms with Crippen molar-refractivity contribution in [2.24, 2.45) is 17.6 Å². The third-order valence-electron chi connectivity index (χ3n) is 5.15. The molecule has 0 atom stereocenters. The van der Waals surface area contributed by atoms with Crippen molar-refractivity contribution in [1.82, 2.24) is 5.32 Å². The Morgan fingerprint density at radius 2 is 1.44 bits per heavy atom. The lowest BCUT2D eigenvalue weighted by Gasteiger charge is -2.36. The summed E-state index contributed by atoms with van der Waals surface area (Å²) in [4.78, 5) is 0. The number of rotatable bonds is 6. The molecule has 0 radical (unpaired) electrons. The second-order valence-corrected chi connectivity index (χ2v) is 6.46. The summed E-state index contributed by atoms with van der Waals surface area (Å²) in [5.74, 6) is 2.14. The zero-order valence-electron chi connectivity index (χ0n) is 12.0. The Morgan fingerprint density at radius 3 is 2.11 bits per heavy atom. The lowest BCUT2D eigenvalue weighted by Crippen LogP contribution is -2.35. The molecule has 18 heavy (non-hydrogen) atoms. The van der Waals surface area contributed by atoms with Gasteiger partial charge in [0, 0.05) is 6.04 Å². The highest BCUT2D eigenvalue weighted by atomic mass is 14.9. The second-order valence-electron chi connectivity index (χ2n) is 6.46. The van der Waals surface area contributed by atoms with Gasteiger partial charge in [-0.3, -0.25) is 0 Å². The molecule has 0 bridgehead atoms. The molecule has 2 rings (SSSR count). The summed E-state index contributed by atoms with van der Waals surface area (Å²) in [5.41, 5.74) is 5.52. The maximum Gasteiger partial charge on any atom is 0.00672 e. The second kappa shape index (κ2) is 8.16. The van der Waals surface area contributed by atoms with Gasteiger partial charge in [0.15, 0.2) is 0 Å². The molecule has 0 aliphatic heterocycles. The number of unbranched alkanes of at least 4 members (excludes halogenated alkanes) is 1. The van der Waals surface area contributed by atoms with E-state index in [-0.39, 0.29) is 0 Å². The molecule has 0 aromatic heterocycles. The van der Waals surface area contributed by atoms with Crippen molar-refractivity contribution in [3.63, 3.8) is 0 Å². The Labute approximate surface area is 113 Å². The molecule has 2 nitrogen and oxygen atoms in total. The van der Waals surface area contributed by atoms with Crippen molar-refractivity contribution in [2.45, 2.75) is 76.7 Å². The Balaban J connectivity index is 1.58.